The van der Waals surface area contributed by atoms with E-state index in [9.17, 15) is 0 Å². The highest BCUT2D eigenvalue weighted by Crippen LogP contribution is 2.50. The van der Waals surface area contributed by atoms with E-state index >= 15 is 4.57 Å². The van der Waals surface area contributed by atoms with Crippen LogP contribution in [0.2, 0.25) is 0 Å². The lowest BCUT2D eigenvalue weighted by molar-refractivity contribution is -0.0421. The molecule has 4 unspecified atom stereocenters. The van der Waals surface area contributed by atoms with Crippen molar-refractivity contribution in [2.24, 2.45) is 23.7 Å². The fourth-order valence-corrected chi connectivity index (χ4v) is 10.5. The SMILES string of the molecule is CCCCCCCC(CC(CC)CCCC)(CC(CC)CCCC)O[PH](=O)OC(CCCCCCC)(CC(CC)CCCC)CC(CC)CCCC. The average molecular weight is 755 g/mol. The minimum atomic E-state index is -2.74. The van der Waals surface area contributed by atoms with Crippen molar-refractivity contribution in [2.75, 3.05) is 0 Å². The van der Waals surface area contributed by atoms with Crippen molar-refractivity contribution in [1.82, 2.24) is 0 Å². The summed E-state index contributed by atoms with van der Waals surface area (Å²) in [5.74, 6) is 2.48. The monoisotopic (exact) mass is 755 g/mol. The van der Waals surface area contributed by atoms with Gasteiger partial charge in [0, 0.05) is 0 Å². The molecule has 0 amide bonds. The average Bonchev–Trinajstić information content (AvgIpc) is 3.14. The van der Waals surface area contributed by atoms with Crippen LogP contribution >= 0.6 is 8.25 Å². The van der Waals surface area contributed by atoms with E-state index in [-0.39, 0.29) is 11.2 Å². The summed E-state index contributed by atoms with van der Waals surface area (Å²) in [5, 5.41) is 0. The van der Waals surface area contributed by atoms with Crippen LogP contribution in [0.1, 0.15) is 275 Å². The molecule has 0 rings (SSSR count). The normalized spacial score (nSPS) is 17.3. The van der Waals surface area contributed by atoms with Crippen LogP contribution in [0.15, 0.2) is 0 Å². The molecule has 0 bridgehead atoms. The maximum Gasteiger partial charge on any atom is 0.320 e. The molecule has 0 radical (unpaired) electrons. The molecular formula is C48H99O3P. The van der Waals surface area contributed by atoms with Gasteiger partial charge in [0.25, 0.3) is 0 Å². The van der Waals surface area contributed by atoms with Gasteiger partial charge in [0.05, 0.1) is 11.2 Å². The van der Waals surface area contributed by atoms with E-state index in [1.807, 2.05) is 0 Å². The first-order valence-electron chi connectivity index (χ1n) is 24.1. The van der Waals surface area contributed by atoms with Gasteiger partial charge < -0.3 is 9.05 Å². The van der Waals surface area contributed by atoms with Crippen LogP contribution in [0.4, 0.5) is 0 Å². The minimum absolute atomic E-state index is 0.350. The van der Waals surface area contributed by atoms with E-state index in [1.54, 1.807) is 0 Å². The number of rotatable bonds is 40. The molecule has 4 heteroatoms. The number of hydrogen-bond acceptors (Lipinski definition) is 3. The van der Waals surface area contributed by atoms with E-state index in [0.29, 0.717) is 23.7 Å². The maximum absolute atomic E-state index is 15.0. The predicted octanol–water partition coefficient (Wildman–Crippen LogP) is 18.0. The fraction of sp³-hybridized carbons (Fsp3) is 1.00. The molecule has 3 nitrogen and oxygen atoms in total. The van der Waals surface area contributed by atoms with E-state index in [0.717, 1.165) is 38.5 Å². The largest absolute Gasteiger partial charge is 0.320 e. The Kier molecular flexibility index (Phi) is 34.5. The second kappa shape index (κ2) is 34.4. The summed E-state index contributed by atoms with van der Waals surface area (Å²) in [4.78, 5) is 0. The summed E-state index contributed by atoms with van der Waals surface area (Å²) < 4.78 is 29.6. The molecule has 0 aliphatic rings. The minimum Gasteiger partial charge on any atom is -0.304 e. The molecule has 52 heavy (non-hydrogen) atoms. The molecule has 0 saturated heterocycles. The third kappa shape index (κ3) is 24.6. The molecule has 0 spiro atoms. The van der Waals surface area contributed by atoms with Gasteiger partial charge in [0.15, 0.2) is 0 Å². The van der Waals surface area contributed by atoms with Crippen LogP contribution in [-0.4, -0.2) is 11.2 Å². The smallest absolute Gasteiger partial charge is 0.304 e. The van der Waals surface area contributed by atoms with Gasteiger partial charge >= 0.3 is 8.25 Å². The van der Waals surface area contributed by atoms with E-state index < -0.39 is 8.25 Å². The standard InChI is InChI=1S/C48H99O3P/c1-11-21-27-29-31-37-47(39-43(17-7)33-23-13-3,40-44(18-8)34-24-14-4)50-52(49)51-48(38-32-30-28-22-12-2,41-45(19-9)35-25-15-5)42-46(20-10)36-26-16-6/h43-46,52H,11-42H2,1-10H3. The van der Waals surface area contributed by atoms with Crippen LogP contribution in [-0.2, 0) is 13.6 Å². The Balaban J connectivity index is 6.99. The molecule has 0 aliphatic carbocycles. The van der Waals surface area contributed by atoms with Crippen molar-refractivity contribution in [3.8, 4) is 0 Å². The summed E-state index contributed by atoms with van der Waals surface area (Å²) in [6.45, 7) is 23.4. The summed E-state index contributed by atoms with van der Waals surface area (Å²) in [6, 6.07) is 0. The van der Waals surface area contributed by atoms with Crippen molar-refractivity contribution in [1.29, 1.82) is 0 Å². The lowest BCUT2D eigenvalue weighted by Crippen LogP contribution is -2.39. The summed E-state index contributed by atoms with van der Waals surface area (Å²) >= 11 is 0. The van der Waals surface area contributed by atoms with Gasteiger partial charge in [0.2, 0.25) is 0 Å². The highest BCUT2D eigenvalue weighted by atomic mass is 31.1. The van der Waals surface area contributed by atoms with Crippen molar-refractivity contribution >= 4 is 8.25 Å². The van der Waals surface area contributed by atoms with Gasteiger partial charge in [-0.15, -0.1) is 0 Å². The van der Waals surface area contributed by atoms with Crippen molar-refractivity contribution < 1.29 is 13.6 Å². The Labute approximate surface area is 330 Å². The molecule has 0 aromatic carbocycles. The Hall–Kier alpha value is 0.150. The predicted molar refractivity (Wildman–Crippen MR) is 235 cm³/mol. The fourth-order valence-electron chi connectivity index (χ4n) is 9.20. The molecule has 0 heterocycles. The maximum atomic E-state index is 15.0. The lowest BCUT2D eigenvalue weighted by atomic mass is 9.76. The van der Waals surface area contributed by atoms with E-state index in [4.69, 9.17) is 9.05 Å². The van der Waals surface area contributed by atoms with Gasteiger partial charge in [-0.25, -0.2) is 0 Å². The summed E-state index contributed by atoms with van der Waals surface area (Å²) in [6.07, 6.45) is 38.7. The molecule has 0 aliphatic heterocycles. The zero-order chi connectivity index (χ0) is 38.9. The molecule has 0 saturated carbocycles. The first-order valence-corrected chi connectivity index (χ1v) is 25.3. The third-order valence-electron chi connectivity index (χ3n) is 12.9. The Bertz CT molecular complexity index is 686. The number of hydrogen-bond donors (Lipinski definition) is 0. The van der Waals surface area contributed by atoms with Crippen LogP contribution in [0.3, 0.4) is 0 Å². The van der Waals surface area contributed by atoms with Crippen LogP contribution < -0.4 is 0 Å². The van der Waals surface area contributed by atoms with Crippen molar-refractivity contribution in [2.45, 2.75) is 286 Å². The van der Waals surface area contributed by atoms with Crippen LogP contribution in [0.5, 0.6) is 0 Å². The second-order valence-electron chi connectivity index (χ2n) is 17.6. The molecule has 314 valence electrons. The molecular weight excluding hydrogens is 655 g/mol. The zero-order valence-electron chi connectivity index (χ0n) is 37.7. The molecule has 0 aromatic heterocycles. The lowest BCUT2D eigenvalue weighted by Gasteiger charge is -2.42. The van der Waals surface area contributed by atoms with Crippen molar-refractivity contribution in [3.63, 3.8) is 0 Å². The van der Waals surface area contributed by atoms with Gasteiger partial charge in [0.1, 0.15) is 0 Å². The zero-order valence-corrected chi connectivity index (χ0v) is 38.7. The first kappa shape index (κ1) is 52.2. The Morgan fingerprint density at radius 3 is 0.846 bits per heavy atom. The van der Waals surface area contributed by atoms with E-state index in [2.05, 4.69) is 69.2 Å². The summed E-state index contributed by atoms with van der Waals surface area (Å²) in [5.41, 5.74) is -0.701. The highest BCUT2D eigenvalue weighted by Gasteiger charge is 2.41. The van der Waals surface area contributed by atoms with Gasteiger partial charge in [-0.2, -0.15) is 0 Å². The van der Waals surface area contributed by atoms with Gasteiger partial charge in [-0.05, 0) is 62.2 Å². The van der Waals surface area contributed by atoms with Crippen LogP contribution in [0.25, 0.3) is 0 Å². The van der Waals surface area contributed by atoms with Crippen molar-refractivity contribution in [3.05, 3.63) is 0 Å². The molecule has 0 fully saturated rings. The summed E-state index contributed by atoms with van der Waals surface area (Å²) in [7, 11) is -2.74. The first-order chi connectivity index (χ1) is 25.2. The third-order valence-corrected chi connectivity index (χ3v) is 14.1. The number of unbranched alkanes of at least 4 members (excludes halogenated alkanes) is 12. The van der Waals surface area contributed by atoms with E-state index in [1.165, 1.54) is 167 Å². The highest BCUT2D eigenvalue weighted by molar-refractivity contribution is 7.33. The van der Waals surface area contributed by atoms with Gasteiger partial charge in [-0.1, -0.05) is 236 Å². The second-order valence-corrected chi connectivity index (χ2v) is 18.5. The van der Waals surface area contributed by atoms with Gasteiger partial charge in [-0.3, -0.25) is 4.57 Å². The molecule has 0 N–H and O–H groups in total. The molecule has 0 aromatic rings. The Morgan fingerprint density at radius 1 is 0.365 bits per heavy atom. The van der Waals surface area contributed by atoms with Crippen LogP contribution in [0, 0.1) is 23.7 Å². The Morgan fingerprint density at radius 2 is 0.615 bits per heavy atom. The molecule has 4 atom stereocenters. The quantitative estimate of drug-likeness (QED) is 0.0462. The topological polar surface area (TPSA) is 35.5 Å².